The van der Waals surface area contributed by atoms with Crippen molar-refractivity contribution in [1.82, 2.24) is 0 Å². The van der Waals surface area contributed by atoms with Gasteiger partial charge in [-0.25, -0.2) is 0 Å². The molecule has 3 heteroatoms. The molecule has 0 aliphatic carbocycles. The molecule has 0 aliphatic heterocycles. The van der Waals surface area contributed by atoms with Gasteiger partial charge < -0.3 is 10.5 Å². The summed E-state index contributed by atoms with van der Waals surface area (Å²) < 4.78 is 0. The minimum atomic E-state index is -0.287. The lowest BCUT2D eigenvalue weighted by molar-refractivity contribution is -0.113. The molecule has 0 rings (SSSR count). The van der Waals surface area contributed by atoms with Crippen LogP contribution in [0.25, 0.3) is 0 Å². The Kier molecular flexibility index (Phi) is 2.64. The Hall–Kier alpha value is -1.12. The number of aliphatic hydroxyl groups is 1. The lowest BCUT2D eigenvalue weighted by atomic mass is 10.2. The third-order valence-electron chi connectivity index (χ3n) is 0.913. The van der Waals surface area contributed by atoms with E-state index in [-0.39, 0.29) is 17.1 Å². The van der Waals surface area contributed by atoms with Crippen LogP contribution in [0.3, 0.4) is 0 Å². The van der Waals surface area contributed by atoms with Gasteiger partial charge in [-0.1, -0.05) is 0 Å². The molecule has 9 heavy (non-hydrogen) atoms. The van der Waals surface area contributed by atoms with Crippen LogP contribution in [0.5, 0.6) is 0 Å². The Morgan fingerprint density at radius 3 is 2.00 bits per heavy atom. The van der Waals surface area contributed by atoms with Crippen LogP contribution >= 0.6 is 0 Å². The summed E-state index contributed by atoms with van der Waals surface area (Å²) in [5, 5.41) is 15.3. The number of carbonyl (C=O) groups is 1. The van der Waals surface area contributed by atoms with Crippen LogP contribution in [0.2, 0.25) is 0 Å². The Morgan fingerprint density at radius 1 is 1.56 bits per heavy atom. The zero-order valence-electron chi connectivity index (χ0n) is 5.43. The minimum Gasteiger partial charge on any atom is -0.512 e. The summed E-state index contributed by atoms with van der Waals surface area (Å²) in [7, 11) is 0. The van der Waals surface area contributed by atoms with Crippen molar-refractivity contribution >= 4 is 12.0 Å². The monoisotopic (exact) mass is 127 g/mol. The highest BCUT2D eigenvalue weighted by Gasteiger charge is 2.02. The van der Waals surface area contributed by atoms with Gasteiger partial charge in [-0.15, -0.1) is 0 Å². The van der Waals surface area contributed by atoms with Crippen molar-refractivity contribution in [1.29, 1.82) is 5.41 Å². The molecule has 0 aromatic heterocycles. The Morgan fingerprint density at radius 2 is 2.00 bits per heavy atom. The number of allylic oxidation sites excluding steroid dienone is 2. The molecule has 0 bridgehead atoms. The fourth-order valence-electron chi connectivity index (χ4n) is 0.461. The maximum atomic E-state index is 10.4. The Labute approximate surface area is 53.5 Å². The number of hydrogen-bond acceptors (Lipinski definition) is 3. The van der Waals surface area contributed by atoms with Crippen LogP contribution in [-0.4, -0.2) is 17.1 Å². The van der Waals surface area contributed by atoms with Crippen LogP contribution in [0.1, 0.15) is 13.8 Å². The van der Waals surface area contributed by atoms with E-state index in [1.165, 1.54) is 13.8 Å². The second-order valence-electron chi connectivity index (χ2n) is 1.70. The molecule has 0 amide bonds. The molecule has 0 atom stereocenters. The fraction of sp³-hybridized carbons (Fsp3) is 0.333. The van der Waals surface area contributed by atoms with Crippen molar-refractivity contribution in [3.8, 4) is 0 Å². The summed E-state index contributed by atoms with van der Waals surface area (Å²) >= 11 is 0. The van der Waals surface area contributed by atoms with E-state index in [1.807, 2.05) is 0 Å². The molecular formula is C6H9NO2. The highest BCUT2D eigenvalue weighted by Crippen LogP contribution is 1.97. The van der Waals surface area contributed by atoms with Crippen molar-refractivity contribution in [3.63, 3.8) is 0 Å². The molecule has 0 fully saturated rings. The van der Waals surface area contributed by atoms with Crippen molar-refractivity contribution < 1.29 is 9.90 Å². The smallest absolute Gasteiger partial charge is 0.164 e. The predicted octanol–water partition coefficient (Wildman–Crippen LogP) is 1.06. The van der Waals surface area contributed by atoms with E-state index in [0.29, 0.717) is 0 Å². The van der Waals surface area contributed by atoms with Crippen LogP contribution in [0.15, 0.2) is 11.3 Å². The van der Waals surface area contributed by atoms with Crippen LogP contribution < -0.4 is 0 Å². The van der Waals surface area contributed by atoms with Gasteiger partial charge in [0, 0.05) is 6.21 Å². The lowest BCUT2D eigenvalue weighted by Crippen LogP contribution is -2.00. The largest absolute Gasteiger partial charge is 0.512 e. The molecule has 0 radical (unpaired) electrons. The zero-order chi connectivity index (χ0) is 7.44. The topological polar surface area (TPSA) is 61.2 Å². The van der Waals surface area contributed by atoms with Gasteiger partial charge >= 0.3 is 0 Å². The van der Waals surface area contributed by atoms with Gasteiger partial charge in [0.05, 0.1) is 5.57 Å². The number of nitrogens with one attached hydrogen (secondary N) is 1. The molecule has 0 saturated carbocycles. The quantitative estimate of drug-likeness (QED) is 0.331. The van der Waals surface area contributed by atoms with Crippen LogP contribution in [0.4, 0.5) is 0 Å². The summed E-state index contributed by atoms with van der Waals surface area (Å²) in [6.45, 7) is 2.68. The first-order valence-corrected chi connectivity index (χ1v) is 2.51. The van der Waals surface area contributed by atoms with Gasteiger partial charge in [-0.05, 0) is 13.8 Å². The van der Waals surface area contributed by atoms with Gasteiger partial charge in [0.2, 0.25) is 0 Å². The van der Waals surface area contributed by atoms with Crippen molar-refractivity contribution in [3.05, 3.63) is 11.3 Å². The SMILES string of the molecule is CC(=O)C(C=N)=C(C)O. The Balaban J connectivity index is 4.55. The van der Waals surface area contributed by atoms with Crippen LogP contribution in [0, 0.1) is 5.41 Å². The standard InChI is InChI=1S/C6H9NO2/c1-4(8)6(3-7)5(2)9/h3,7-8H,1-2H3. The zero-order valence-corrected chi connectivity index (χ0v) is 5.43. The lowest BCUT2D eigenvalue weighted by Gasteiger charge is -1.93. The summed E-state index contributed by atoms with van der Waals surface area (Å²) in [5.74, 6) is -0.387. The average Bonchev–Trinajstić information content (AvgIpc) is 1.64. The number of aliphatic hydroxyl groups excluding tert-OH is 1. The molecule has 0 saturated heterocycles. The molecule has 0 aromatic rings. The number of hydrogen-bond donors (Lipinski definition) is 2. The summed E-state index contributed by atoms with van der Waals surface area (Å²) in [6.07, 6.45) is 0.845. The first kappa shape index (κ1) is 7.88. The summed E-state index contributed by atoms with van der Waals surface area (Å²) in [4.78, 5) is 10.4. The van der Waals surface area contributed by atoms with E-state index in [2.05, 4.69) is 0 Å². The number of carbonyl (C=O) groups excluding carboxylic acids is 1. The van der Waals surface area contributed by atoms with Gasteiger partial charge in [-0.3, -0.25) is 4.79 Å². The first-order chi connectivity index (χ1) is 4.09. The predicted molar refractivity (Wildman–Crippen MR) is 34.8 cm³/mol. The third kappa shape index (κ3) is 2.08. The maximum Gasteiger partial charge on any atom is 0.164 e. The Bertz CT molecular complexity index is 166. The van der Waals surface area contributed by atoms with Gasteiger partial charge in [0.25, 0.3) is 0 Å². The number of Topliss-reactive ketones (excluding diaryl/α,β-unsaturated/α-hetero) is 1. The van der Waals surface area contributed by atoms with Gasteiger partial charge in [-0.2, -0.15) is 0 Å². The second-order valence-corrected chi connectivity index (χ2v) is 1.70. The van der Waals surface area contributed by atoms with E-state index in [0.717, 1.165) is 6.21 Å². The van der Waals surface area contributed by atoms with Crippen LogP contribution in [-0.2, 0) is 4.79 Å². The molecule has 0 aromatic carbocycles. The van der Waals surface area contributed by atoms with E-state index in [1.54, 1.807) is 0 Å². The molecule has 2 N–H and O–H groups in total. The molecule has 0 heterocycles. The third-order valence-corrected chi connectivity index (χ3v) is 0.913. The molecule has 0 spiro atoms. The molecular weight excluding hydrogens is 118 g/mol. The number of rotatable bonds is 2. The highest BCUT2D eigenvalue weighted by atomic mass is 16.3. The van der Waals surface area contributed by atoms with E-state index in [9.17, 15) is 4.79 Å². The molecule has 3 nitrogen and oxygen atoms in total. The normalized spacial score (nSPS) is 12.2. The summed E-state index contributed by atoms with van der Waals surface area (Å²) in [6, 6.07) is 0. The second kappa shape index (κ2) is 3.02. The summed E-state index contributed by atoms with van der Waals surface area (Å²) in [5.41, 5.74) is 0.0648. The van der Waals surface area contributed by atoms with Gasteiger partial charge in [0.1, 0.15) is 5.76 Å². The van der Waals surface area contributed by atoms with E-state index < -0.39 is 0 Å². The van der Waals surface area contributed by atoms with Crippen molar-refractivity contribution in [2.45, 2.75) is 13.8 Å². The molecule has 0 aliphatic rings. The first-order valence-electron chi connectivity index (χ1n) is 2.51. The van der Waals surface area contributed by atoms with E-state index >= 15 is 0 Å². The molecule has 0 unspecified atom stereocenters. The maximum absolute atomic E-state index is 10.4. The average molecular weight is 127 g/mol. The van der Waals surface area contributed by atoms with Crippen molar-refractivity contribution in [2.75, 3.05) is 0 Å². The van der Waals surface area contributed by atoms with Gasteiger partial charge in [0.15, 0.2) is 5.78 Å². The molecule has 50 valence electrons. The highest BCUT2D eigenvalue weighted by molar-refractivity contribution is 6.11. The van der Waals surface area contributed by atoms with Crippen molar-refractivity contribution in [2.24, 2.45) is 0 Å². The van der Waals surface area contributed by atoms with E-state index in [4.69, 9.17) is 10.5 Å². The fourth-order valence-corrected chi connectivity index (χ4v) is 0.461. The minimum absolute atomic E-state index is 0.0648. The number of ketones is 1.